The molecule has 0 saturated carbocycles. The van der Waals surface area contributed by atoms with Crippen LogP contribution in [0.1, 0.15) is 31.1 Å². The summed E-state index contributed by atoms with van der Waals surface area (Å²) in [5.74, 6) is -0.557. The van der Waals surface area contributed by atoms with Crippen molar-refractivity contribution in [3.63, 3.8) is 0 Å². The second-order valence-electron chi connectivity index (χ2n) is 5.52. The lowest BCUT2D eigenvalue weighted by Gasteiger charge is -2.34. The lowest BCUT2D eigenvalue weighted by atomic mass is 10.0. The molecule has 6 heteroatoms. The Kier molecular flexibility index (Phi) is 5.18. The Bertz CT molecular complexity index is 533. The molecule has 0 heterocycles. The van der Waals surface area contributed by atoms with Crippen LogP contribution in [0.15, 0.2) is 18.2 Å². The van der Waals surface area contributed by atoms with Crippen molar-refractivity contribution in [2.45, 2.75) is 26.3 Å². The van der Waals surface area contributed by atoms with E-state index < -0.39 is 17.4 Å². The highest BCUT2D eigenvalue weighted by Crippen LogP contribution is 2.27. The van der Waals surface area contributed by atoms with Gasteiger partial charge in [-0.25, -0.2) is 0 Å². The van der Waals surface area contributed by atoms with E-state index in [0.29, 0.717) is 17.1 Å². The van der Waals surface area contributed by atoms with Crippen LogP contribution in [0.5, 0.6) is 11.5 Å². The Labute approximate surface area is 124 Å². The van der Waals surface area contributed by atoms with Gasteiger partial charge in [0.2, 0.25) is 0 Å². The molecule has 116 valence electrons. The maximum atomic E-state index is 12.6. The zero-order valence-electron chi connectivity index (χ0n) is 13.0. The molecular formula is C15H21NO5. The van der Waals surface area contributed by atoms with Gasteiger partial charge in [0.05, 0.1) is 19.8 Å². The van der Waals surface area contributed by atoms with Gasteiger partial charge in [0.25, 0.3) is 5.91 Å². The average molecular weight is 295 g/mol. The third-order valence-corrected chi connectivity index (χ3v) is 2.99. The first kappa shape index (κ1) is 16.8. The van der Waals surface area contributed by atoms with Gasteiger partial charge in [-0.2, -0.15) is 0 Å². The molecule has 0 radical (unpaired) electrons. The van der Waals surface area contributed by atoms with Crippen molar-refractivity contribution in [3.8, 4) is 11.5 Å². The summed E-state index contributed by atoms with van der Waals surface area (Å²) in [7, 11) is 2.96. The van der Waals surface area contributed by atoms with Crippen LogP contribution in [-0.4, -0.2) is 48.2 Å². The highest BCUT2D eigenvalue weighted by molar-refractivity contribution is 5.99. The van der Waals surface area contributed by atoms with Crippen molar-refractivity contribution in [3.05, 3.63) is 23.8 Å². The quantitative estimate of drug-likeness (QED) is 0.899. The van der Waals surface area contributed by atoms with Crippen LogP contribution in [-0.2, 0) is 4.79 Å². The topological polar surface area (TPSA) is 76.1 Å². The molecule has 0 aliphatic heterocycles. The fourth-order valence-corrected chi connectivity index (χ4v) is 1.87. The minimum atomic E-state index is -1.06. The van der Waals surface area contributed by atoms with Gasteiger partial charge < -0.3 is 19.5 Å². The van der Waals surface area contributed by atoms with Crippen molar-refractivity contribution in [1.82, 2.24) is 4.90 Å². The third kappa shape index (κ3) is 4.11. The Hall–Kier alpha value is -2.24. The molecule has 21 heavy (non-hydrogen) atoms. The fourth-order valence-electron chi connectivity index (χ4n) is 1.87. The van der Waals surface area contributed by atoms with Crippen molar-refractivity contribution in [1.29, 1.82) is 0 Å². The first-order chi connectivity index (χ1) is 9.70. The molecule has 1 aromatic carbocycles. The van der Waals surface area contributed by atoms with Gasteiger partial charge in [0.15, 0.2) is 0 Å². The Balaban J connectivity index is 3.23. The van der Waals surface area contributed by atoms with Crippen LogP contribution in [0.4, 0.5) is 0 Å². The van der Waals surface area contributed by atoms with E-state index in [-0.39, 0.29) is 6.54 Å². The predicted octanol–water partition coefficient (Wildman–Crippen LogP) is 2.03. The predicted molar refractivity (Wildman–Crippen MR) is 78.0 cm³/mol. The van der Waals surface area contributed by atoms with E-state index >= 15 is 0 Å². The van der Waals surface area contributed by atoms with E-state index in [1.165, 1.54) is 19.1 Å². The van der Waals surface area contributed by atoms with Crippen LogP contribution in [0.3, 0.4) is 0 Å². The molecule has 0 aliphatic carbocycles. The number of benzene rings is 1. The van der Waals surface area contributed by atoms with Crippen LogP contribution in [0.25, 0.3) is 0 Å². The average Bonchev–Trinajstić information content (AvgIpc) is 2.41. The lowest BCUT2D eigenvalue weighted by Crippen LogP contribution is -2.48. The van der Waals surface area contributed by atoms with Crippen molar-refractivity contribution in [2.75, 3.05) is 20.8 Å². The highest BCUT2D eigenvalue weighted by atomic mass is 16.5. The molecule has 0 spiro atoms. The molecule has 0 bridgehead atoms. The van der Waals surface area contributed by atoms with Gasteiger partial charge in [-0.05, 0) is 32.9 Å². The van der Waals surface area contributed by atoms with Crippen LogP contribution >= 0.6 is 0 Å². The first-order valence-corrected chi connectivity index (χ1v) is 6.46. The van der Waals surface area contributed by atoms with Crippen LogP contribution in [0.2, 0.25) is 0 Å². The summed E-state index contributed by atoms with van der Waals surface area (Å²) >= 11 is 0. The smallest absolute Gasteiger partial charge is 0.323 e. The van der Waals surface area contributed by atoms with Crippen molar-refractivity contribution in [2.24, 2.45) is 0 Å². The lowest BCUT2D eigenvalue weighted by molar-refractivity contribution is -0.138. The van der Waals surface area contributed by atoms with Crippen molar-refractivity contribution >= 4 is 11.9 Å². The number of nitrogens with zero attached hydrogens (tertiary/aromatic N) is 1. The zero-order chi connectivity index (χ0) is 16.2. The Morgan fingerprint density at radius 2 is 1.81 bits per heavy atom. The second-order valence-corrected chi connectivity index (χ2v) is 5.52. The number of methoxy groups -OCH3 is 2. The zero-order valence-corrected chi connectivity index (χ0v) is 13.0. The van der Waals surface area contributed by atoms with E-state index in [0.717, 1.165) is 0 Å². The molecule has 0 atom stereocenters. The molecular weight excluding hydrogens is 274 g/mol. The normalized spacial score (nSPS) is 10.9. The van der Waals surface area contributed by atoms with Gasteiger partial charge in [0, 0.05) is 11.6 Å². The summed E-state index contributed by atoms with van der Waals surface area (Å²) in [5, 5.41) is 9.01. The third-order valence-electron chi connectivity index (χ3n) is 2.99. The SMILES string of the molecule is COc1ccc(C(=O)N(CC(=O)O)C(C)(C)C)c(OC)c1. The number of hydrogen-bond acceptors (Lipinski definition) is 4. The van der Waals surface area contributed by atoms with E-state index in [2.05, 4.69) is 0 Å². The van der Waals surface area contributed by atoms with Gasteiger partial charge >= 0.3 is 5.97 Å². The summed E-state index contributed by atoms with van der Waals surface area (Å²) in [6.07, 6.45) is 0. The number of amides is 1. The summed E-state index contributed by atoms with van der Waals surface area (Å²) < 4.78 is 10.3. The molecule has 0 unspecified atom stereocenters. The molecule has 1 rings (SSSR count). The molecule has 0 aliphatic rings. The number of rotatable bonds is 5. The standard InChI is InChI=1S/C15H21NO5/c1-15(2,3)16(9-13(17)18)14(19)11-7-6-10(20-4)8-12(11)21-5/h6-8H,9H2,1-5H3,(H,17,18). The maximum Gasteiger partial charge on any atom is 0.323 e. The number of carboxylic acid groups (broad SMARTS) is 1. The monoisotopic (exact) mass is 295 g/mol. The number of ether oxygens (including phenoxy) is 2. The minimum absolute atomic E-state index is 0.300. The Morgan fingerprint density at radius 3 is 2.24 bits per heavy atom. The van der Waals surface area contributed by atoms with Crippen LogP contribution < -0.4 is 9.47 Å². The Morgan fingerprint density at radius 1 is 1.19 bits per heavy atom. The number of aliphatic carboxylic acids is 1. The van der Waals surface area contributed by atoms with Crippen molar-refractivity contribution < 1.29 is 24.2 Å². The molecule has 0 saturated heterocycles. The van der Waals surface area contributed by atoms with Crippen LogP contribution in [0, 0.1) is 0 Å². The van der Waals surface area contributed by atoms with Gasteiger partial charge in [-0.3, -0.25) is 9.59 Å². The molecule has 1 N–H and O–H groups in total. The van der Waals surface area contributed by atoms with E-state index in [9.17, 15) is 9.59 Å². The highest BCUT2D eigenvalue weighted by Gasteiger charge is 2.30. The molecule has 1 aromatic rings. The molecule has 1 amide bonds. The fraction of sp³-hybridized carbons (Fsp3) is 0.467. The molecule has 0 fully saturated rings. The van der Waals surface area contributed by atoms with E-state index in [1.807, 2.05) is 0 Å². The number of carboxylic acids is 1. The molecule has 6 nitrogen and oxygen atoms in total. The van der Waals surface area contributed by atoms with E-state index in [1.54, 1.807) is 39.0 Å². The summed E-state index contributed by atoms with van der Waals surface area (Å²) in [4.78, 5) is 24.9. The van der Waals surface area contributed by atoms with Gasteiger partial charge in [-0.15, -0.1) is 0 Å². The summed E-state index contributed by atoms with van der Waals surface area (Å²) in [6, 6.07) is 4.80. The summed E-state index contributed by atoms with van der Waals surface area (Å²) in [5.41, 5.74) is -0.324. The minimum Gasteiger partial charge on any atom is -0.497 e. The van der Waals surface area contributed by atoms with Gasteiger partial charge in [-0.1, -0.05) is 0 Å². The molecule has 0 aromatic heterocycles. The largest absolute Gasteiger partial charge is 0.497 e. The maximum absolute atomic E-state index is 12.6. The second kappa shape index (κ2) is 6.47. The summed E-state index contributed by atoms with van der Waals surface area (Å²) in [6.45, 7) is 4.97. The first-order valence-electron chi connectivity index (χ1n) is 6.46. The number of hydrogen-bond donors (Lipinski definition) is 1. The van der Waals surface area contributed by atoms with E-state index in [4.69, 9.17) is 14.6 Å². The number of carbonyl (C=O) groups excluding carboxylic acids is 1. The van der Waals surface area contributed by atoms with Gasteiger partial charge in [0.1, 0.15) is 18.0 Å². The number of carbonyl (C=O) groups is 2.